The number of aliphatic carboxylic acids is 1. The molecular weight excluding hydrogens is 248 g/mol. The van der Waals surface area contributed by atoms with E-state index in [1.807, 2.05) is 0 Å². The second kappa shape index (κ2) is 5.79. The Kier molecular flexibility index (Phi) is 4.61. The van der Waals surface area contributed by atoms with Gasteiger partial charge in [-0.1, -0.05) is 26.8 Å². The molecular formula is C13H18N2O4. The molecule has 0 radical (unpaired) electrons. The number of aliphatic hydroxyl groups excluding tert-OH is 1. The number of nitrogens with zero attached hydrogens (tertiary/aromatic N) is 1. The van der Waals surface area contributed by atoms with Crippen molar-refractivity contribution in [3.05, 3.63) is 23.9 Å². The highest BCUT2D eigenvalue weighted by molar-refractivity contribution is 5.94. The third-order valence-electron chi connectivity index (χ3n) is 2.48. The molecule has 0 aromatic carbocycles. The minimum Gasteiger partial charge on any atom is -0.481 e. The quantitative estimate of drug-likeness (QED) is 0.768. The first-order valence-corrected chi connectivity index (χ1v) is 5.88. The second-order valence-corrected chi connectivity index (χ2v) is 5.26. The number of aromatic nitrogens is 1. The van der Waals surface area contributed by atoms with Gasteiger partial charge in [-0.2, -0.15) is 0 Å². The standard InChI is InChI=1S/C13H18N2O4/c1-13(2,3)12(19)15-11-8(5-4-6-14-11)9(16)7-10(17)18/h4-6,9,16H,7H2,1-3H3,(H,17,18)(H,14,15,19). The van der Waals surface area contributed by atoms with Crippen molar-refractivity contribution in [1.82, 2.24) is 4.98 Å². The molecule has 6 heteroatoms. The van der Waals surface area contributed by atoms with Gasteiger partial charge in [-0.15, -0.1) is 0 Å². The number of amides is 1. The zero-order chi connectivity index (χ0) is 14.6. The number of aliphatic hydroxyl groups is 1. The van der Waals surface area contributed by atoms with Crippen LogP contribution in [-0.2, 0) is 9.59 Å². The van der Waals surface area contributed by atoms with E-state index in [9.17, 15) is 14.7 Å². The van der Waals surface area contributed by atoms with Crippen LogP contribution in [0.5, 0.6) is 0 Å². The number of carbonyl (C=O) groups excluding carboxylic acids is 1. The second-order valence-electron chi connectivity index (χ2n) is 5.26. The summed E-state index contributed by atoms with van der Waals surface area (Å²) >= 11 is 0. The van der Waals surface area contributed by atoms with Crippen molar-refractivity contribution < 1.29 is 19.8 Å². The van der Waals surface area contributed by atoms with E-state index in [2.05, 4.69) is 10.3 Å². The summed E-state index contributed by atoms with van der Waals surface area (Å²) < 4.78 is 0. The molecule has 0 fully saturated rings. The van der Waals surface area contributed by atoms with Crippen LogP contribution in [0, 0.1) is 5.41 Å². The molecule has 6 nitrogen and oxygen atoms in total. The maximum Gasteiger partial charge on any atom is 0.306 e. The molecule has 104 valence electrons. The minimum atomic E-state index is -1.21. The maximum absolute atomic E-state index is 11.9. The van der Waals surface area contributed by atoms with Gasteiger partial charge in [-0.05, 0) is 6.07 Å². The average Bonchev–Trinajstić information content (AvgIpc) is 2.27. The summed E-state index contributed by atoms with van der Waals surface area (Å²) in [6.07, 6.45) is -0.180. The van der Waals surface area contributed by atoms with Crippen molar-refractivity contribution in [2.75, 3.05) is 5.32 Å². The van der Waals surface area contributed by atoms with E-state index in [-0.39, 0.29) is 11.7 Å². The van der Waals surface area contributed by atoms with Crippen molar-refractivity contribution >= 4 is 17.7 Å². The molecule has 1 amide bonds. The van der Waals surface area contributed by atoms with Crippen LogP contribution < -0.4 is 5.32 Å². The largest absolute Gasteiger partial charge is 0.481 e. The predicted molar refractivity (Wildman–Crippen MR) is 69.5 cm³/mol. The van der Waals surface area contributed by atoms with Gasteiger partial charge in [0.25, 0.3) is 0 Å². The number of carboxylic acids is 1. The molecule has 0 spiro atoms. The third kappa shape index (κ3) is 4.33. The van der Waals surface area contributed by atoms with E-state index in [1.165, 1.54) is 6.20 Å². The van der Waals surface area contributed by atoms with Crippen LogP contribution in [0.1, 0.15) is 38.9 Å². The number of rotatable bonds is 4. The first kappa shape index (κ1) is 15.1. The molecule has 0 aliphatic carbocycles. The van der Waals surface area contributed by atoms with Crippen molar-refractivity contribution in [3.8, 4) is 0 Å². The van der Waals surface area contributed by atoms with Crippen LogP contribution in [0.2, 0.25) is 0 Å². The van der Waals surface area contributed by atoms with Gasteiger partial charge in [-0.25, -0.2) is 4.98 Å². The molecule has 0 aliphatic rings. The lowest BCUT2D eigenvalue weighted by atomic mass is 9.95. The smallest absolute Gasteiger partial charge is 0.306 e. The summed E-state index contributed by atoms with van der Waals surface area (Å²) in [4.78, 5) is 26.5. The molecule has 1 unspecified atom stereocenters. The highest BCUT2D eigenvalue weighted by Crippen LogP contribution is 2.25. The zero-order valence-corrected chi connectivity index (χ0v) is 11.2. The first-order valence-electron chi connectivity index (χ1n) is 5.88. The monoisotopic (exact) mass is 266 g/mol. The molecule has 0 saturated heterocycles. The number of pyridine rings is 1. The van der Waals surface area contributed by atoms with E-state index in [0.717, 1.165) is 0 Å². The summed E-state index contributed by atoms with van der Waals surface area (Å²) in [7, 11) is 0. The van der Waals surface area contributed by atoms with Gasteiger partial charge in [0.15, 0.2) is 0 Å². The Bertz CT molecular complexity index is 480. The van der Waals surface area contributed by atoms with Crippen molar-refractivity contribution in [1.29, 1.82) is 0 Å². The fourth-order valence-corrected chi connectivity index (χ4v) is 1.36. The number of hydrogen-bond acceptors (Lipinski definition) is 4. The van der Waals surface area contributed by atoms with Crippen LogP contribution in [0.15, 0.2) is 18.3 Å². The van der Waals surface area contributed by atoms with E-state index in [4.69, 9.17) is 5.11 Å². The summed E-state index contributed by atoms with van der Waals surface area (Å²) in [6.45, 7) is 5.25. The fourth-order valence-electron chi connectivity index (χ4n) is 1.36. The van der Waals surface area contributed by atoms with E-state index >= 15 is 0 Å². The zero-order valence-electron chi connectivity index (χ0n) is 11.2. The summed E-state index contributed by atoms with van der Waals surface area (Å²) in [6, 6.07) is 3.12. The number of carbonyl (C=O) groups is 2. The number of hydrogen-bond donors (Lipinski definition) is 3. The summed E-state index contributed by atoms with van der Waals surface area (Å²) in [5.74, 6) is -1.18. The summed E-state index contributed by atoms with van der Waals surface area (Å²) in [5.41, 5.74) is -0.311. The molecule has 0 bridgehead atoms. The maximum atomic E-state index is 11.9. The number of carboxylic acid groups (broad SMARTS) is 1. The van der Waals surface area contributed by atoms with E-state index in [1.54, 1.807) is 32.9 Å². The van der Waals surface area contributed by atoms with E-state index in [0.29, 0.717) is 5.56 Å². The van der Waals surface area contributed by atoms with Gasteiger partial charge >= 0.3 is 5.97 Å². The van der Waals surface area contributed by atoms with Crippen LogP contribution in [-0.4, -0.2) is 27.1 Å². The van der Waals surface area contributed by atoms with Crippen molar-refractivity contribution in [2.45, 2.75) is 33.3 Å². The Morgan fingerprint density at radius 3 is 2.58 bits per heavy atom. The van der Waals surface area contributed by atoms with Crippen LogP contribution in [0.25, 0.3) is 0 Å². The molecule has 1 aromatic rings. The van der Waals surface area contributed by atoms with Crippen LogP contribution in [0.3, 0.4) is 0 Å². The van der Waals surface area contributed by atoms with Gasteiger partial charge in [0.2, 0.25) is 5.91 Å². The lowest BCUT2D eigenvalue weighted by Gasteiger charge is -2.19. The molecule has 1 rings (SSSR count). The number of anilines is 1. The van der Waals surface area contributed by atoms with Crippen LogP contribution in [0.4, 0.5) is 5.82 Å². The minimum absolute atomic E-state index is 0.191. The van der Waals surface area contributed by atoms with Gasteiger partial charge in [0, 0.05) is 17.2 Å². The number of nitrogens with one attached hydrogen (secondary N) is 1. The Balaban J connectivity index is 2.96. The highest BCUT2D eigenvalue weighted by Gasteiger charge is 2.24. The molecule has 0 saturated carbocycles. The molecule has 1 atom stereocenters. The van der Waals surface area contributed by atoms with E-state index < -0.39 is 23.9 Å². The lowest BCUT2D eigenvalue weighted by Crippen LogP contribution is -2.28. The Morgan fingerprint density at radius 1 is 1.42 bits per heavy atom. The normalized spacial score (nSPS) is 12.8. The molecule has 19 heavy (non-hydrogen) atoms. The SMILES string of the molecule is CC(C)(C)C(=O)Nc1ncccc1C(O)CC(=O)O. The van der Waals surface area contributed by atoms with Gasteiger partial charge < -0.3 is 15.5 Å². The summed E-state index contributed by atoms with van der Waals surface area (Å²) in [5, 5.41) is 21.1. The Hall–Kier alpha value is -1.95. The first-order chi connectivity index (χ1) is 8.71. The average molecular weight is 266 g/mol. The van der Waals surface area contributed by atoms with Gasteiger partial charge in [0.1, 0.15) is 5.82 Å². The predicted octanol–water partition coefficient (Wildman–Crippen LogP) is 1.57. The highest BCUT2D eigenvalue weighted by atomic mass is 16.4. The molecule has 1 aromatic heterocycles. The molecule has 3 N–H and O–H groups in total. The Labute approximate surface area is 111 Å². The topological polar surface area (TPSA) is 99.5 Å². The van der Waals surface area contributed by atoms with Crippen molar-refractivity contribution in [3.63, 3.8) is 0 Å². The van der Waals surface area contributed by atoms with Crippen molar-refractivity contribution in [2.24, 2.45) is 5.41 Å². The lowest BCUT2D eigenvalue weighted by molar-refractivity contribution is -0.139. The van der Waals surface area contributed by atoms with Crippen LogP contribution >= 0.6 is 0 Å². The van der Waals surface area contributed by atoms with Gasteiger partial charge in [0.05, 0.1) is 12.5 Å². The Morgan fingerprint density at radius 2 is 2.05 bits per heavy atom. The molecule has 1 heterocycles. The third-order valence-corrected chi connectivity index (χ3v) is 2.48. The fraction of sp³-hybridized carbons (Fsp3) is 0.462. The molecule has 0 aliphatic heterocycles. The van der Waals surface area contributed by atoms with Gasteiger partial charge in [-0.3, -0.25) is 9.59 Å².